The molecule has 0 heterocycles. The van der Waals surface area contributed by atoms with E-state index in [0.29, 0.717) is 16.7 Å². The quantitative estimate of drug-likeness (QED) is 0.610. The number of aromatic hydroxyl groups is 3. The number of hydrogen-bond acceptors (Lipinski definition) is 5. The fourth-order valence-electron chi connectivity index (χ4n) is 2.40. The van der Waals surface area contributed by atoms with Crippen LogP contribution in [0.1, 0.15) is 22.9 Å². The van der Waals surface area contributed by atoms with Crippen LogP contribution in [0.25, 0.3) is 0 Å². The first-order valence-corrected chi connectivity index (χ1v) is 8.05. The van der Waals surface area contributed by atoms with Crippen molar-refractivity contribution in [3.63, 3.8) is 0 Å². The zero-order valence-corrected chi connectivity index (χ0v) is 13.9. The van der Waals surface area contributed by atoms with E-state index < -0.39 is 6.17 Å². The fourth-order valence-corrected chi connectivity index (χ4v) is 2.40. The first-order chi connectivity index (χ1) is 12.6. The minimum Gasteiger partial charge on any atom is -0.508 e. The molecular formula is C21H18N2O3. The lowest BCUT2D eigenvalue weighted by molar-refractivity contribution is 0.463. The Morgan fingerprint density at radius 3 is 1.46 bits per heavy atom. The third-order valence-electron chi connectivity index (χ3n) is 3.80. The molecule has 0 aromatic heterocycles. The van der Waals surface area contributed by atoms with Crippen LogP contribution in [0.5, 0.6) is 17.2 Å². The minimum atomic E-state index is -0.726. The zero-order chi connectivity index (χ0) is 18.4. The maximum Gasteiger partial charge on any atom is 0.168 e. The molecular weight excluding hydrogens is 328 g/mol. The van der Waals surface area contributed by atoms with Crippen molar-refractivity contribution in [2.75, 3.05) is 0 Å². The second kappa shape index (κ2) is 7.98. The van der Waals surface area contributed by atoms with E-state index in [1.165, 1.54) is 12.4 Å². The van der Waals surface area contributed by atoms with Gasteiger partial charge in [0.15, 0.2) is 6.17 Å². The monoisotopic (exact) mass is 346 g/mol. The van der Waals surface area contributed by atoms with Crippen molar-refractivity contribution in [3.8, 4) is 17.2 Å². The lowest BCUT2D eigenvalue weighted by Crippen LogP contribution is -1.96. The molecule has 0 aliphatic heterocycles. The summed E-state index contributed by atoms with van der Waals surface area (Å²) in [6, 6.07) is 20.4. The maximum absolute atomic E-state index is 10.1. The molecule has 0 spiro atoms. The lowest BCUT2D eigenvalue weighted by atomic mass is 10.1. The summed E-state index contributed by atoms with van der Waals surface area (Å²) in [4.78, 5) is 8.81. The second-order valence-electron chi connectivity index (χ2n) is 5.61. The van der Waals surface area contributed by atoms with Gasteiger partial charge in [0.05, 0.1) is 0 Å². The van der Waals surface area contributed by atoms with E-state index in [1.807, 2.05) is 0 Å². The third-order valence-corrected chi connectivity index (χ3v) is 3.80. The van der Waals surface area contributed by atoms with Crippen molar-refractivity contribution >= 4 is 12.4 Å². The summed E-state index contributed by atoms with van der Waals surface area (Å²) in [5, 5.41) is 29.9. The molecule has 1 unspecified atom stereocenters. The van der Waals surface area contributed by atoms with Crippen molar-refractivity contribution in [1.82, 2.24) is 0 Å². The zero-order valence-electron chi connectivity index (χ0n) is 13.9. The largest absolute Gasteiger partial charge is 0.508 e. The predicted octanol–water partition coefficient (Wildman–Crippen LogP) is 4.04. The Kier molecular flexibility index (Phi) is 5.29. The Balaban J connectivity index is 1.96. The summed E-state index contributed by atoms with van der Waals surface area (Å²) >= 11 is 0. The number of phenols is 3. The highest BCUT2D eigenvalue weighted by atomic mass is 16.3. The second-order valence-corrected chi connectivity index (χ2v) is 5.61. The molecule has 0 radical (unpaired) electrons. The number of hydrogen-bond donors (Lipinski definition) is 3. The molecule has 3 aromatic carbocycles. The van der Waals surface area contributed by atoms with Gasteiger partial charge in [0, 0.05) is 29.1 Å². The molecule has 5 nitrogen and oxygen atoms in total. The molecule has 3 N–H and O–H groups in total. The van der Waals surface area contributed by atoms with Gasteiger partial charge in [-0.2, -0.15) is 0 Å². The van der Waals surface area contributed by atoms with Crippen molar-refractivity contribution in [2.24, 2.45) is 9.98 Å². The van der Waals surface area contributed by atoms with Gasteiger partial charge < -0.3 is 15.3 Å². The van der Waals surface area contributed by atoms with E-state index in [2.05, 4.69) is 9.98 Å². The van der Waals surface area contributed by atoms with Crippen LogP contribution in [0.4, 0.5) is 0 Å². The van der Waals surface area contributed by atoms with E-state index in [0.717, 1.165) is 0 Å². The maximum atomic E-state index is 10.1. The molecule has 0 aliphatic rings. The normalized spacial score (nSPS) is 12.6. The third kappa shape index (κ3) is 4.08. The highest BCUT2D eigenvalue weighted by Crippen LogP contribution is 2.28. The molecule has 3 aromatic rings. The van der Waals surface area contributed by atoms with Crippen LogP contribution in [0.3, 0.4) is 0 Å². The number of aliphatic imine (C=N–C) groups is 2. The number of benzene rings is 3. The van der Waals surface area contributed by atoms with Crippen LogP contribution >= 0.6 is 0 Å². The molecule has 0 saturated carbocycles. The Hall–Kier alpha value is -3.60. The number of para-hydroxylation sites is 3. The summed E-state index contributed by atoms with van der Waals surface area (Å²) < 4.78 is 0. The van der Waals surface area contributed by atoms with Gasteiger partial charge in [0.1, 0.15) is 17.2 Å². The summed E-state index contributed by atoms with van der Waals surface area (Å²) in [6.45, 7) is 0. The lowest BCUT2D eigenvalue weighted by Gasteiger charge is -2.10. The fraction of sp³-hybridized carbons (Fsp3) is 0.0476. The molecule has 0 fully saturated rings. The van der Waals surface area contributed by atoms with Gasteiger partial charge >= 0.3 is 0 Å². The summed E-state index contributed by atoms with van der Waals surface area (Å²) in [7, 11) is 0. The van der Waals surface area contributed by atoms with Crippen molar-refractivity contribution in [3.05, 3.63) is 89.5 Å². The number of phenolic OH excluding ortho intramolecular Hbond substituents is 3. The SMILES string of the molecule is Oc1ccccc1C=NC(/N=C/c1ccccc1O)c1ccccc1O. The Labute approximate surface area is 151 Å². The number of rotatable bonds is 5. The highest BCUT2D eigenvalue weighted by Gasteiger charge is 2.12. The van der Waals surface area contributed by atoms with E-state index >= 15 is 0 Å². The van der Waals surface area contributed by atoms with Gasteiger partial charge in [-0.1, -0.05) is 42.5 Å². The van der Waals surface area contributed by atoms with Crippen LogP contribution in [0.2, 0.25) is 0 Å². The average molecular weight is 346 g/mol. The Bertz CT molecular complexity index is 896. The van der Waals surface area contributed by atoms with Crippen molar-refractivity contribution < 1.29 is 15.3 Å². The van der Waals surface area contributed by atoms with Crippen LogP contribution in [0.15, 0.2) is 82.8 Å². The average Bonchev–Trinajstić information content (AvgIpc) is 2.65. The molecule has 0 saturated heterocycles. The van der Waals surface area contributed by atoms with Gasteiger partial charge in [0.2, 0.25) is 0 Å². The van der Waals surface area contributed by atoms with E-state index in [1.54, 1.807) is 72.8 Å². The molecule has 3 rings (SSSR count). The molecule has 5 heteroatoms. The standard InChI is InChI=1S/C21H18N2O3/c24-18-10-4-1-7-15(18)13-22-21(17-9-3-6-12-20(17)26)23-14-16-8-2-5-11-19(16)25/h1-14,21,24-26H/b22-13+,23-14?. The van der Waals surface area contributed by atoms with Crippen LogP contribution in [-0.2, 0) is 0 Å². The molecule has 26 heavy (non-hydrogen) atoms. The van der Waals surface area contributed by atoms with Crippen LogP contribution < -0.4 is 0 Å². The minimum absolute atomic E-state index is 0.0707. The summed E-state index contributed by atoms with van der Waals surface area (Å²) in [6.07, 6.45) is 2.29. The first kappa shape index (κ1) is 17.2. The van der Waals surface area contributed by atoms with Crippen LogP contribution in [0, 0.1) is 0 Å². The summed E-state index contributed by atoms with van der Waals surface area (Å²) in [5.41, 5.74) is 1.61. The van der Waals surface area contributed by atoms with Gasteiger partial charge in [-0.05, 0) is 30.3 Å². The van der Waals surface area contributed by atoms with E-state index in [4.69, 9.17) is 0 Å². The number of nitrogens with zero attached hydrogens (tertiary/aromatic N) is 2. The van der Waals surface area contributed by atoms with E-state index in [-0.39, 0.29) is 17.2 Å². The van der Waals surface area contributed by atoms with Crippen molar-refractivity contribution in [1.29, 1.82) is 0 Å². The molecule has 0 aliphatic carbocycles. The topological polar surface area (TPSA) is 85.4 Å². The molecule has 0 amide bonds. The predicted molar refractivity (Wildman–Crippen MR) is 102 cm³/mol. The van der Waals surface area contributed by atoms with Gasteiger partial charge in [-0.15, -0.1) is 0 Å². The van der Waals surface area contributed by atoms with Gasteiger partial charge in [0.25, 0.3) is 0 Å². The summed E-state index contributed by atoms with van der Waals surface area (Å²) in [5.74, 6) is 0.287. The van der Waals surface area contributed by atoms with Gasteiger partial charge in [-0.25, -0.2) is 0 Å². The van der Waals surface area contributed by atoms with Crippen LogP contribution in [-0.4, -0.2) is 27.7 Å². The highest BCUT2D eigenvalue weighted by molar-refractivity contribution is 5.85. The molecule has 1 atom stereocenters. The van der Waals surface area contributed by atoms with Gasteiger partial charge in [-0.3, -0.25) is 9.98 Å². The van der Waals surface area contributed by atoms with E-state index in [9.17, 15) is 15.3 Å². The molecule has 0 bridgehead atoms. The first-order valence-electron chi connectivity index (χ1n) is 8.05. The van der Waals surface area contributed by atoms with Crippen molar-refractivity contribution in [2.45, 2.75) is 6.17 Å². The Morgan fingerprint density at radius 1 is 0.577 bits per heavy atom. The molecule has 130 valence electrons. The Morgan fingerprint density at radius 2 is 1.00 bits per heavy atom. The smallest absolute Gasteiger partial charge is 0.168 e.